The lowest BCUT2D eigenvalue weighted by molar-refractivity contribution is 0.987. The maximum atomic E-state index is 5.77. The van der Waals surface area contributed by atoms with Crippen LogP contribution in [0.2, 0.25) is 5.02 Å². The Kier molecular flexibility index (Phi) is 3.78. The summed E-state index contributed by atoms with van der Waals surface area (Å²) in [5.41, 5.74) is 3.38. The predicted molar refractivity (Wildman–Crippen MR) is 67.9 cm³/mol. The Bertz CT molecular complexity index is 517. The van der Waals surface area contributed by atoms with Crippen LogP contribution in [-0.2, 0) is 0 Å². The van der Waals surface area contributed by atoms with Crippen LogP contribution in [0.25, 0.3) is 0 Å². The first-order valence-corrected chi connectivity index (χ1v) is 5.98. The lowest BCUT2D eigenvalue weighted by Crippen LogP contribution is -2.10. The Hall–Kier alpha value is -1.37. The second kappa shape index (κ2) is 5.31. The molecule has 0 spiro atoms. The molecule has 2 aromatic rings. The van der Waals surface area contributed by atoms with Gasteiger partial charge in [-0.1, -0.05) is 11.6 Å². The molecule has 0 aliphatic carbocycles. The van der Waals surface area contributed by atoms with Crippen molar-refractivity contribution in [3.8, 4) is 0 Å². The van der Waals surface area contributed by atoms with Crippen molar-refractivity contribution in [2.75, 3.05) is 5.43 Å². The summed E-state index contributed by atoms with van der Waals surface area (Å²) in [7, 11) is 0. The Balaban J connectivity index is 2.25. The number of nitrogen functional groups attached to an aromatic ring is 1. The van der Waals surface area contributed by atoms with Crippen LogP contribution < -0.4 is 11.3 Å². The molecule has 7 heteroatoms. The normalized spacial score (nSPS) is 10.3. The van der Waals surface area contributed by atoms with E-state index in [4.69, 9.17) is 17.4 Å². The van der Waals surface area contributed by atoms with E-state index < -0.39 is 0 Å². The van der Waals surface area contributed by atoms with Gasteiger partial charge in [0, 0.05) is 18.0 Å². The molecule has 0 radical (unpaired) electrons. The van der Waals surface area contributed by atoms with Gasteiger partial charge in [0.15, 0.2) is 0 Å². The second-order valence-corrected chi connectivity index (χ2v) is 4.69. The smallest absolute Gasteiger partial charge is 0.238 e. The molecule has 0 aliphatic rings. The molecule has 0 unspecified atom stereocenters. The highest BCUT2D eigenvalue weighted by atomic mass is 35.5. The van der Waals surface area contributed by atoms with Gasteiger partial charge in [-0.3, -0.25) is 5.43 Å². The Morgan fingerprint density at radius 1 is 1.29 bits per heavy atom. The molecule has 0 aliphatic heterocycles. The van der Waals surface area contributed by atoms with Gasteiger partial charge in [-0.05, 0) is 30.8 Å². The van der Waals surface area contributed by atoms with Crippen LogP contribution in [0.3, 0.4) is 0 Å². The van der Waals surface area contributed by atoms with E-state index in [1.807, 2.05) is 13.0 Å². The van der Waals surface area contributed by atoms with Crippen LogP contribution in [-0.4, -0.2) is 15.0 Å². The second-order valence-electron chi connectivity index (χ2n) is 3.24. The molecule has 0 aromatic carbocycles. The van der Waals surface area contributed by atoms with E-state index in [-0.39, 0.29) is 0 Å². The van der Waals surface area contributed by atoms with Crippen LogP contribution in [0.5, 0.6) is 0 Å². The van der Waals surface area contributed by atoms with Crippen molar-refractivity contribution in [3.05, 3.63) is 35.1 Å². The molecule has 2 heterocycles. The third-order valence-electron chi connectivity index (χ3n) is 1.96. The van der Waals surface area contributed by atoms with Gasteiger partial charge in [0.25, 0.3) is 0 Å². The first-order valence-electron chi connectivity index (χ1n) is 4.78. The quantitative estimate of drug-likeness (QED) is 0.505. The average molecular weight is 268 g/mol. The number of hydrazine groups is 1. The minimum absolute atomic E-state index is 0.382. The van der Waals surface area contributed by atoms with Crippen molar-refractivity contribution in [2.24, 2.45) is 5.84 Å². The summed E-state index contributed by atoms with van der Waals surface area (Å²) in [6, 6.07) is 3.62. The van der Waals surface area contributed by atoms with Gasteiger partial charge in [0.05, 0.1) is 5.02 Å². The summed E-state index contributed by atoms with van der Waals surface area (Å²) in [5, 5.41) is 2.24. The Morgan fingerprint density at radius 3 is 2.76 bits per heavy atom. The van der Waals surface area contributed by atoms with Crippen molar-refractivity contribution in [3.63, 3.8) is 0 Å². The van der Waals surface area contributed by atoms with Gasteiger partial charge in [0.2, 0.25) is 5.95 Å². The summed E-state index contributed by atoms with van der Waals surface area (Å²) in [4.78, 5) is 12.5. The number of nitrogens with one attached hydrogen (secondary N) is 1. The van der Waals surface area contributed by atoms with E-state index in [0.717, 1.165) is 15.6 Å². The third kappa shape index (κ3) is 3.06. The molecule has 17 heavy (non-hydrogen) atoms. The number of pyridine rings is 1. The molecule has 2 aromatic heterocycles. The predicted octanol–water partition coefficient (Wildman–Crippen LogP) is 2.27. The highest BCUT2D eigenvalue weighted by Crippen LogP contribution is 2.27. The summed E-state index contributed by atoms with van der Waals surface area (Å²) in [6.45, 7) is 1.93. The number of anilines is 1. The van der Waals surface area contributed by atoms with Crippen molar-refractivity contribution >= 4 is 29.3 Å². The topological polar surface area (TPSA) is 76.7 Å². The fourth-order valence-electron chi connectivity index (χ4n) is 1.12. The fraction of sp³-hybridized carbons (Fsp3) is 0.100. The lowest BCUT2D eigenvalue weighted by Gasteiger charge is -2.05. The number of hydrogen-bond acceptors (Lipinski definition) is 6. The molecule has 3 N–H and O–H groups in total. The van der Waals surface area contributed by atoms with Crippen LogP contribution in [0.15, 0.2) is 34.6 Å². The minimum atomic E-state index is 0.382. The van der Waals surface area contributed by atoms with Gasteiger partial charge < -0.3 is 0 Å². The summed E-state index contributed by atoms with van der Waals surface area (Å²) >= 11 is 7.21. The highest BCUT2D eigenvalue weighted by Gasteiger charge is 2.06. The summed E-state index contributed by atoms with van der Waals surface area (Å²) < 4.78 is 0. The molecule has 5 nitrogen and oxygen atoms in total. The molecule has 0 amide bonds. The maximum Gasteiger partial charge on any atom is 0.238 e. The van der Waals surface area contributed by atoms with Gasteiger partial charge >= 0.3 is 0 Å². The van der Waals surface area contributed by atoms with Crippen molar-refractivity contribution in [1.82, 2.24) is 15.0 Å². The maximum absolute atomic E-state index is 5.77. The monoisotopic (exact) mass is 267 g/mol. The Labute approximate surface area is 108 Å². The van der Waals surface area contributed by atoms with Gasteiger partial charge in [0.1, 0.15) is 10.1 Å². The largest absolute Gasteiger partial charge is 0.292 e. The molecular formula is C10H10ClN5S. The number of nitrogens with zero attached hydrogens (tertiary/aromatic N) is 3. The Morgan fingerprint density at radius 2 is 2.12 bits per heavy atom. The number of hydrogen-bond donors (Lipinski definition) is 2. The van der Waals surface area contributed by atoms with Crippen molar-refractivity contribution in [2.45, 2.75) is 17.0 Å². The van der Waals surface area contributed by atoms with Gasteiger partial charge in [-0.15, -0.1) is 0 Å². The molecule has 0 saturated heterocycles. The zero-order chi connectivity index (χ0) is 12.3. The minimum Gasteiger partial charge on any atom is -0.292 e. The molecule has 0 fully saturated rings. The average Bonchev–Trinajstić information content (AvgIpc) is 2.35. The molecule has 0 atom stereocenters. The van der Waals surface area contributed by atoms with Gasteiger partial charge in [-0.2, -0.15) is 0 Å². The van der Waals surface area contributed by atoms with Crippen molar-refractivity contribution in [1.29, 1.82) is 0 Å². The third-order valence-corrected chi connectivity index (χ3v) is 3.24. The first-order chi connectivity index (χ1) is 8.19. The zero-order valence-electron chi connectivity index (χ0n) is 9.01. The number of halogens is 1. The van der Waals surface area contributed by atoms with Crippen LogP contribution in [0.1, 0.15) is 5.56 Å². The summed E-state index contributed by atoms with van der Waals surface area (Å²) in [5.74, 6) is 5.65. The van der Waals surface area contributed by atoms with E-state index in [0.29, 0.717) is 11.0 Å². The van der Waals surface area contributed by atoms with E-state index in [9.17, 15) is 0 Å². The first kappa shape index (κ1) is 12.1. The van der Waals surface area contributed by atoms with E-state index in [1.165, 1.54) is 11.8 Å². The van der Waals surface area contributed by atoms with Crippen molar-refractivity contribution < 1.29 is 0 Å². The fourth-order valence-corrected chi connectivity index (χ4v) is 2.02. The summed E-state index contributed by atoms with van der Waals surface area (Å²) in [6.07, 6.45) is 3.31. The number of nitrogens with two attached hydrogens (primary N) is 1. The molecule has 88 valence electrons. The standard InChI is InChI=1S/C10H10ClN5S/c1-6-4-14-10(16-12)15-9(6)17-8-3-2-7(11)5-13-8/h2-5H,12H2,1H3,(H,14,15,16). The number of aromatic nitrogens is 3. The lowest BCUT2D eigenvalue weighted by atomic mass is 10.4. The number of aryl methyl sites for hydroxylation is 1. The van der Waals surface area contributed by atoms with E-state index >= 15 is 0 Å². The molecule has 0 bridgehead atoms. The molecule has 0 saturated carbocycles. The molecular weight excluding hydrogens is 258 g/mol. The van der Waals surface area contributed by atoms with E-state index in [1.54, 1.807) is 18.5 Å². The molecule has 2 rings (SSSR count). The van der Waals surface area contributed by atoms with E-state index in [2.05, 4.69) is 20.4 Å². The van der Waals surface area contributed by atoms with Crippen LogP contribution >= 0.6 is 23.4 Å². The SMILES string of the molecule is Cc1cnc(NN)nc1Sc1ccc(Cl)cn1. The van der Waals surface area contributed by atoms with Crippen LogP contribution in [0, 0.1) is 6.92 Å². The highest BCUT2D eigenvalue weighted by molar-refractivity contribution is 7.99. The zero-order valence-corrected chi connectivity index (χ0v) is 10.6. The van der Waals surface area contributed by atoms with Crippen LogP contribution in [0.4, 0.5) is 5.95 Å². The number of rotatable bonds is 3. The van der Waals surface area contributed by atoms with Gasteiger partial charge in [-0.25, -0.2) is 20.8 Å².